The smallest absolute Gasteiger partial charge is 0.177 e. The summed E-state index contributed by atoms with van der Waals surface area (Å²) >= 11 is 0. The second kappa shape index (κ2) is 6.17. The quantitative estimate of drug-likeness (QED) is 0.370. The second-order valence-corrected chi connectivity index (χ2v) is 6.39. The zero-order valence-corrected chi connectivity index (χ0v) is 15.0. The summed E-state index contributed by atoms with van der Waals surface area (Å²) in [4.78, 5) is 17.5. The van der Waals surface area contributed by atoms with Gasteiger partial charge in [-0.05, 0) is 10.8 Å². The summed E-state index contributed by atoms with van der Waals surface area (Å²) in [5.74, 6) is 0. The van der Waals surface area contributed by atoms with Crippen LogP contribution in [0.3, 0.4) is 0 Å². The van der Waals surface area contributed by atoms with E-state index in [1.807, 2.05) is 60.7 Å². The number of rotatable bonds is 0. The van der Waals surface area contributed by atoms with Crippen LogP contribution >= 0.6 is 0 Å². The van der Waals surface area contributed by atoms with Crippen molar-refractivity contribution in [2.75, 3.05) is 0 Å². The van der Waals surface area contributed by atoms with Crippen LogP contribution in [0.15, 0.2) is 36.4 Å². The Hall–Kier alpha value is -5.18. The van der Waals surface area contributed by atoms with E-state index >= 15 is 0 Å². The van der Waals surface area contributed by atoms with E-state index in [0.717, 1.165) is 10.8 Å². The number of fused-ring (bicyclic) bond motifs is 8. The summed E-state index contributed by atoms with van der Waals surface area (Å²) in [6.45, 7) is 0. The molecule has 0 saturated carbocycles. The molecule has 0 atom stereocenters. The fraction of sp³-hybridized carbons (Fsp3) is 0. The molecule has 2 aromatic heterocycles. The lowest BCUT2D eigenvalue weighted by Crippen LogP contribution is -2.02. The molecular weight excluding hydrogens is 376 g/mol. The Morgan fingerprint density at radius 2 is 1.00 bits per heavy atom. The van der Waals surface area contributed by atoms with Gasteiger partial charge in [-0.15, -0.1) is 0 Å². The van der Waals surface area contributed by atoms with Gasteiger partial charge in [0.05, 0.1) is 0 Å². The minimum atomic E-state index is -0.143. The normalized spacial score (nSPS) is 10.5. The third kappa shape index (κ3) is 2.17. The van der Waals surface area contributed by atoms with Gasteiger partial charge >= 0.3 is 0 Å². The average Bonchev–Trinajstić information content (AvgIpc) is 2.81. The molecule has 0 saturated heterocycles. The Morgan fingerprint density at radius 3 is 1.60 bits per heavy atom. The number of nitriles is 4. The molecule has 0 N–H and O–H groups in total. The molecule has 0 spiro atoms. The van der Waals surface area contributed by atoms with Crippen molar-refractivity contribution in [3.05, 3.63) is 59.2 Å². The molecule has 0 aliphatic heterocycles. The van der Waals surface area contributed by atoms with Crippen molar-refractivity contribution in [1.82, 2.24) is 19.9 Å². The molecule has 0 aliphatic carbocycles. The van der Waals surface area contributed by atoms with Crippen LogP contribution < -0.4 is 0 Å². The largest absolute Gasteiger partial charge is 0.232 e. The van der Waals surface area contributed by atoms with Gasteiger partial charge in [0, 0.05) is 10.8 Å². The van der Waals surface area contributed by atoms with E-state index in [4.69, 9.17) is 0 Å². The van der Waals surface area contributed by atoms with E-state index in [1.165, 1.54) is 0 Å². The molecule has 8 heteroatoms. The second-order valence-electron chi connectivity index (χ2n) is 6.39. The SMILES string of the molecule is N#Cc1nc2c3ccc4ccccc4c3c3nc(C#N)c(C#N)nc3c2nc1C#N. The predicted octanol–water partition coefficient (Wildman–Crippen LogP) is 3.37. The molecule has 3 aromatic carbocycles. The molecule has 0 fully saturated rings. The molecule has 5 rings (SSSR count). The molecule has 30 heavy (non-hydrogen) atoms. The first-order valence-electron chi connectivity index (χ1n) is 8.67. The maximum absolute atomic E-state index is 9.45. The first-order valence-corrected chi connectivity index (χ1v) is 8.67. The molecule has 0 radical (unpaired) electrons. The first kappa shape index (κ1) is 17.0. The van der Waals surface area contributed by atoms with Crippen molar-refractivity contribution in [2.45, 2.75) is 0 Å². The van der Waals surface area contributed by atoms with Crippen LogP contribution in [0.5, 0.6) is 0 Å². The Balaban J connectivity index is 2.19. The minimum absolute atomic E-state index is 0.0964. The van der Waals surface area contributed by atoms with Gasteiger partial charge in [-0.1, -0.05) is 36.4 Å². The fourth-order valence-corrected chi connectivity index (χ4v) is 3.60. The number of aromatic nitrogens is 4. The average molecular weight is 382 g/mol. The van der Waals surface area contributed by atoms with Crippen LogP contribution in [0.1, 0.15) is 22.8 Å². The van der Waals surface area contributed by atoms with Crippen molar-refractivity contribution in [2.24, 2.45) is 0 Å². The molecule has 2 heterocycles. The van der Waals surface area contributed by atoms with Crippen LogP contribution in [0, 0.1) is 45.3 Å². The van der Waals surface area contributed by atoms with Gasteiger partial charge in [0.15, 0.2) is 22.8 Å². The van der Waals surface area contributed by atoms with E-state index in [1.54, 1.807) is 0 Å². The number of hydrogen-bond donors (Lipinski definition) is 0. The van der Waals surface area contributed by atoms with Crippen molar-refractivity contribution in [3.63, 3.8) is 0 Å². The van der Waals surface area contributed by atoms with Gasteiger partial charge in [0.2, 0.25) is 0 Å². The summed E-state index contributed by atoms with van der Waals surface area (Å²) in [6.07, 6.45) is 0. The highest BCUT2D eigenvalue weighted by Crippen LogP contribution is 2.36. The molecule has 8 nitrogen and oxygen atoms in total. The summed E-state index contributed by atoms with van der Waals surface area (Å²) in [7, 11) is 0. The van der Waals surface area contributed by atoms with Crippen LogP contribution in [0.25, 0.3) is 43.6 Å². The number of hydrogen-bond acceptors (Lipinski definition) is 8. The van der Waals surface area contributed by atoms with Gasteiger partial charge in [-0.25, -0.2) is 19.9 Å². The van der Waals surface area contributed by atoms with Gasteiger partial charge in [-0.3, -0.25) is 0 Å². The van der Waals surface area contributed by atoms with Crippen LogP contribution in [-0.2, 0) is 0 Å². The summed E-state index contributed by atoms with van der Waals surface area (Å²) < 4.78 is 0. The topological polar surface area (TPSA) is 147 Å². The lowest BCUT2D eigenvalue weighted by molar-refractivity contribution is 1.18. The number of benzene rings is 3. The monoisotopic (exact) mass is 382 g/mol. The predicted molar refractivity (Wildman–Crippen MR) is 107 cm³/mol. The molecule has 0 bridgehead atoms. The Kier molecular flexibility index (Phi) is 3.49. The molecule has 5 aromatic rings. The Bertz CT molecular complexity index is 1740. The Labute approximate surface area is 168 Å². The summed E-state index contributed by atoms with van der Waals surface area (Å²) in [5, 5.41) is 40.8. The van der Waals surface area contributed by atoms with E-state index in [0.29, 0.717) is 21.8 Å². The highest BCUT2D eigenvalue weighted by molar-refractivity contribution is 6.28. The third-order valence-corrected chi connectivity index (χ3v) is 4.86. The standard InChI is InChI=1S/C22H6N8/c23-7-14-16(9-25)29-21-19(27-14)13-6-5-11-3-1-2-4-12(11)18(13)20-22(21)30-17(10-26)15(8-24)28-20/h1-6H. The van der Waals surface area contributed by atoms with Crippen LogP contribution in [0.4, 0.5) is 0 Å². The third-order valence-electron chi connectivity index (χ3n) is 4.86. The maximum Gasteiger partial charge on any atom is 0.177 e. The minimum Gasteiger partial charge on any atom is -0.232 e. The fourth-order valence-electron chi connectivity index (χ4n) is 3.60. The maximum atomic E-state index is 9.45. The molecular formula is C22H6N8. The van der Waals surface area contributed by atoms with E-state index in [2.05, 4.69) is 19.9 Å². The lowest BCUT2D eigenvalue weighted by Gasteiger charge is -2.11. The van der Waals surface area contributed by atoms with Crippen molar-refractivity contribution in [1.29, 1.82) is 21.0 Å². The van der Waals surface area contributed by atoms with E-state index in [9.17, 15) is 21.0 Å². The zero-order chi connectivity index (χ0) is 20.8. The van der Waals surface area contributed by atoms with E-state index < -0.39 is 0 Å². The van der Waals surface area contributed by atoms with Crippen molar-refractivity contribution in [3.8, 4) is 24.3 Å². The zero-order valence-electron chi connectivity index (χ0n) is 15.0. The van der Waals surface area contributed by atoms with Gasteiger partial charge < -0.3 is 0 Å². The number of nitrogens with zero attached hydrogens (tertiary/aromatic N) is 8. The first-order chi connectivity index (χ1) is 14.7. The van der Waals surface area contributed by atoms with Gasteiger partial charge in [0.25, 0.3) is 0 Å². The van der Waals surface area contributed by atoms with Crippen molar-refractivity contribution < 1.29 is 0 Å². The molecule has 134 valence electrons. The van der Waals surface area contributed by atoms with Crippen molar-refractivity contribution >= 4 is 43.6 Å². The van der Waals surface area contributed by atoms with Gasteiger partial charge in [-0.2, -0.15) is 21.0 Å². The Morgan fingerprint density at radius 1 is 0.500 bits per heavy atom. The van der Waals surface area contributed by atoms with Crippen LogP contribution in [-0.4, -0.2) is 19.9 Å². The summed E-state index contributed by atoms with van der Waals surface area (Å²) in [6, 6.07) is 19.0. The van der Waals surface area contributed by atoms with E-state index in [-0.39, 0.29) is 33.8 Å². The molecule has 0 aliphatic rings. The van der Waals surface area contributed by atoms with Gasteiger partial charge in [0.1, 0.15) is 46.3 Å². The molecule has 0 unspecified atom stereocenters. The molecule has 0 amide bonds. The van der Waals surface area contributed by atoms with Crippen LogP contribution in [0.2, 0.25) is 0 Å². The highest BCUT2D eigenvalue weighted by atomic mass is 14.9. The summed E-state index contributed by atoms with van der Waals surface area (Å²) in [5.41, 5.74) is 0.775. The highest BCUT2D eigenvalue weighted by Gasteiger charge is 2.20. The lowest BCUT2D eigenvalue weighted by atomic mass is 9.98.